The lowest BCUT2D eigenvalue weighted by Crippen LogP contribution is -2.61. The van der Waals surface area contributed by atoms with Gasteiger partial charge in [0.15, 0.2) is 53.5 Å². The van der Waals surface area contributed by atoms with Crippen molar-refractivity contribution in [2.45, 2.75) is 183 Å². The number of guanidine groups is 8. The molecule has 0 spiro atoms. The van der Waals surface area contributed by atoms with E-state index in [2.05, 4.69) is 108 Å². The third kappa shape index (κ3) is 46.2. The average Bonchev–Trinajstić information content (AvgIpc) is 0.858. The Kier molecular flexibility index (Phi) is 49.6. The monoisotopic (exact) mass is 1640 g/mol. The van der Waals surface area contributed by atoms with E-state index < -0.39 is 174 Å². The standard InChI is InChI=1S/C66H121N35O13S/c1-3-114-33-48(103)92-46(32-36-20-22-37(23-21-36)35(2)102)58(113)100-44(18-10-30-90-65(80)81)56(111)98-42(16-8-28-88-63(76)77)54(109)96-40(14-6-26-86-61(72)73)52(107)94-38(12-4-24-84-59(68)69)50(105)93-39(13-5-25-85-60(70)71)51(106)95-41(15-7-27-87-62(74)75)53(108)97-43(17-9-29-89-64(78)79)55(110)99-45(19-11-31-91-66(82)83)57(112)101-47(34-115)49(67)104/h20-23,38-47,115H,3-19,24-34H2,1-2H3,(H2,67,104)(H,92,103)(H,93,105)(H,94,107)(H,95,106)(H,96,109)(H,97,108)(H,98,111)(H,99,110)(H,100,113)(H,101,112)(H4,68,69,84)(H4,70,71,85)(H4,72,73,86)(H4,74,75,87)(H4,76,77,88)(H4,78,79,89)(H4,80,81,90)(H4,82,83,91)/t38-,39-,40-,41-,42-,43-,44-,45-,46+,47-/m1/s1. The van der Waals surface area contributed by atoms with Gasteiger partial charge < -0.3 is 152 Å². The summed E-state index contributed by atoms with van der Waals surface area (Å²) >= 11 is 4.09. The van der Waals surface area contributed by atoms with Crippen molar-refractivity contribution < 1.29 is 62.3 Å². The first kappa shape index (κ1) is 101. The minimum Gasteiger partial charge on any atom is -0.372 e. The van der Waals surface area contributed by atoms with Crippen molar-refractivity contribution in [3.05, 3.63) is 35.4 Å². The van der Waals surface area contributed by atoms with Crippen LogP contribution < -0.4 is 147 Å². The third-order valence-corrected chi connectivity index (χ3v) is 17.0. The van der Waals surface area contributed by atoms with Gasteiger partial charge >= 0.3 is 0 Å². The van der Waals surface area contributed by atoms with E-state index in [1.54, 1.807) is 19.1 Å². The Morgan fingerprint density at radius 3 is 0.696 bits per heavy atom. The summed E-state index contributed by atoms with van der Waals surface area (Å²) in [5.41, 5.74) is 50.7. The first-order valence-electron chi connectivity index (χ1n) is 37.1. The van der Waals surface area contributed by atoms with Crippen LogP contribution in [0.1, 0.15) is 133 Å². The molecule has 0 heterocycles. The predicted molar refractivity (Wildman–Crippen MR) is 432 cm³/mol. The van der Waals surface area contributed by atoms with Gasteiger partial charge in [-0.3, -0.25) is 101 Å². The predicted octanol–water partition coefficient (Wildman–Crippen LogP) is -10.2. The maximum Gasteiger partial charge on any atom is 0.246 e. The number of carbonyl (C=O) groups excluding carboxylic acids is 12. The molecule has 0 saturated carbocycles. The van der Waals surface area contributed by atoms with E-state index >= 15 is 9.59 Å². The molecule has 48 nitrogen and oxygen atoms in total. The topological polar surface area (TPSA) is 856 Å². The summed E-state index contributed by atoms with van der Waals surface area (Å²) in [6, 6.07) is -8.86. The molecule has 0 bridgehead atoms. The minimum atomic E-state index is -1.63. The Morgan fingerprint density at radius 2 is 0.522 bits per heavy atom. The molecule has 0 aromatic heterocycles. The van der Waals surface area contributed by atoms with Crippen molar-refractivity contribution in [1.29, 1.82) is 43.3 Å². The molecule has 11 amide bonds. The first-order valence-corrected chi connectivity index (χ1v) is 37.7. The minimum absolute atomic E-state index is 0.000823. The number of amides is 11. The van der Waals surface area contributed by atoms with Crippen LogP contribution in [-0.2, 0) is 63.9 Å². The molecule has 1 rings (SSSR count). The van der Waals surface area contributed by atoms with Gasteiger partial charge in [-0.05, 0) is 122 Å². The Labute approximate surface area is 671 Å². The van der Waals surface area contributed by atoms with Crippen LogP contribution >= 0.6 is 12.6 Å². The molecule has 1 aromatic carbocycles. The molecular formula is C66H121N35O13S. The van der Waals surface area contributed by atoms with Crippen molar-refractivity contribution in [3.63, 3.8) is 0 Å². The van der Waals surface area contributed by atoms with Crippen molar-refractivity contribution in [2.75, 3.05) is 71.3 Å². The van der Waals surface area contributed by atoms with Crippen molar-refractivity contribution >= 4 is 131 Å². The van der Waals surface area contributed by atoms with E-state index in [-0.39, 0.29) is 186 Å². The second-order valence-electron chi connectivity index (χ2n) is 26.2. The van der Waals surface area contributed by atoms with Crippen molar-refractivity contribution in [3.8, 4) is 0 Å². The largest absolute Gasteiger partial charge is 0.372 e. The van der Waals surface area contributed by atoms with Gasteiger partial charge in [0.25, 0.3) is 0 Å². The van der Waals surface area contributed by atoms with Crippen LogP contribution in [0.15, 0.2) is 24.3 Å². The zero-order valence-corrected chi connectivity index (χ0v) is 65.7. The number of ether oxygens (including phenoxy) is 1. The smallest absolute Gasteiger partial charge is 0.246 e. The molecule has 0 saturated heterocycles. The van der Waals surface area contributed by atoms with Crippen LogP contribution in [0.3, 0.4) is 0 Å². The lowest BCUT2D eigenvalue weighted by atomic mass is 10.0. The van der Waals surface area contributed by atoms with E-state index in [1.165, 1.54) is 19.1 Å². The number of thiol groups is 1. The van der Waals surface area contributed by atoms with Gasteiger partial charge in [-0.2, -0.15) is 12.6 Å². The van der Waals surface area contributed by atoms with Crippen molar-refractivity contribution in [2.24, 2.45) is 51.6 Å². The molecule has 0 radical (unpaired) electrons. The van der Waals surface area contributed by atoms with E-state index in [4.69, 9.17) is 99.6 Å². The zero-order valence-electron chi connectivity index (χ0n) is 64.8. The summed E-state index contributed by atoms with van der Waals surface area (Å²) in [6.45, 7) is 2.62. The zero-order chi connectivity index (χ0) is 86.5. The molecule has 0 aliphatic rings. The highest BCUT2D eigenvalue weighted by atomic mass is 32.1. The van der Waals surface area contributed by atoms with Gasteiger partial charge in [-0.15, -0.1) is 0 Å². The van der Waals surface area contributed by atoms with Crippen molar-refractivity contribution in [1.82, 2.24) is 95.7 Å². The number of nitrogens with two attached hydrogens (primary N) is 9. The molecule has 644 valence electrons. The Hall–Kier alpha value is -12.5. The Bertz CT molecular complexity index is 3450. The Balaban J connectivity index is 4.13. The van der Waals surface area contributed by atoms with Gasteiger partial charge in [-0.1, -0.05) is 24.3 Å². The molecule has 49 heteroatoms. The first-order chi connectivity index (χ1) is 54.4. The van der Waals surface area contributed by atoms with Crippen LogP contribution in [0.25, 0.3) is 0 Å². The highest BCUT2D eigenvalue weighted by molar-refractivity contribution is 7.80. The number of nitrogens with one attached hydrogen (secondary N) is 26. The molecule has 0 unspecified atom stereocenters. The molecule has 10 atom stereocenters. The molecule has 115 heavy (non-hydrogen) atoms. The fraction of sp³-hybridized carbons (Fsp3) is 0.606. The van der Waals surface area contributed by atoms with Gasteiger partial charge in [-0.25, -0.2) is 0 Å². The van der Waals surface area contributed by atoms with Crippen LogP contribution in [0.5, 0.6) is 0 Å². The second-order valence-corrected chi connectivity index (χ2v) is 26.6. The summed E-state index contributed by atoms with van der Waals surface area (Å²) in [7, 11) is 0. The lowest BCUT2D eigenvalue weighted by Gasteiger charge is -2.29. The third-order valence-electron chi connectivity index (χ3n) is 16.7. The molecule has 44 N–H and O–H groups in total. The average molecular weight is 1640 g/mol. The molecular weight excluding hydrogens is 1520 g/mol. The van der Waals surface area contributed by atoms with Gasteiger partial charge in [0.1, 0.15) is 67.0 Å². The lowest BCUT2D eigenvalue weighted by molar-refractivity contribution is -0.136. The number of primary amides is 1. The molecule has 0 aliphatic carbocycles. The number of carbonyl (C=O) groups is 12. The van der Waals surface area contributed by atoms with E-state index in [0.717, 1.165) is 0 Å². The summed E-state index contributed by atoms with van der Waals surface area (Å²) in [6.07, 6.45) is -1.67. The normalized spacial score (nSPS) is 13.3. The summed E-state index contributed by atoms with van der Waals surface area (Å²) < 4.78 is 5.27. The number of hydrogen-bond acceptors (Lipinski definition) is 22. The summed E-state index contributed by atoms with van der Waals surface area (Å²) in [4.78, 5) is 169. The fourth-order valence-electron chi connectivity index (χ4n) is 10.8. The highest BCUT2D eigenvalue weighted by Gasteiger charge is 2.36. The maximum absolute atomic E-state index is 15.0. The highest BCUT2D eigenvalue weighted by Crippen LogP contribution is 2.14. The fourth-order valence-corrected chi connectivity index (χ4v) is 11.1. The number of hydrogen-bond donors (Lipinski definition) is 36. The molecule has 0 fully saturated rings. The number of rotatable bonds is 59. The van der Waals surface area contributed by atoms with E-state index in [9.17, 15) is 47.9 Å². The summed E-state index contributed by atoms with van der Waals surface area (Å²) in [5, 5.41) is 108. The quantitative estimate of drug-likeness (QED) is 0.00947. The van der Waals surface area contributed by atoms with Crippen LogP contribution in [0.2, 0.25) is 0 Å². The summed E-state index contributed by atoms with van der Waals surface area (Å²) in [5.74, 6) is -14.3. The Morgan fingerprint density at radius 1 is 0.322 bits per heavy atom. The number of Topliss-reactive ketones (excluding diaryl/α,β-unsaturated/α-hetero) is 1. The number of benzene rings is 1. The number of ketones is 1. The van der Waals surface area contributed by atoms with E-state index in [1.807, 2.05) is 0 Å². The SMILES string of the molecule is CCOCC(=O)N[C@@H](Cc1ccc(C(C)=O)cc1)C(=O)N[C@H](CCCNC(=N)N)C(=O)N[C@H](CCCNC(=N)N)C(=O)N[C@H](CCCNC(=N)N)C(=O)N[C@H](CCCNC(=N)N)C(=O)N[C@H](CCCNC(=N)N)C(=O)N[C@H](CCCNC(=N)N)C(=O)N[C@H](CCCNC(=N)N)C(=O)N[C@H](CCCNC(=N)N)C(=O)N[C@H](CS)C(N)=O. The van der Waals surface area contributed by atoms with Gasteiger partial charge in [0.05, 0.1) is 0 Å². The van der Waals surface area contributed by atoms with Gasteiger partial charge in [0.2, 0.25) is 65.0 Å². The second kappa shape index (κ2) is 56.7. The maximum atomic E-state index is 15.0. The van der Waals surface area contributed by atoms with Crippen LogP contribution in [0, 0.1) is 43.3 Å². The van der Waals surface area contributed by atoms with Gasteiger partial charge in [0, 0.05) is 76.7 Å². The van der Waals surface area contributed by atoms with E-state index in [0.29, 0.717) is 11.1 Å². The molecule has 0 aliphatic heterocycles. The molecule has 1 aromatic rings. The van der Waals surface area contributed by atoms with Crippen LogP contribution in [0.4, 0.5) is 0 Å². The van der Waals surface area contributed by atoms with Crippen LogP contribution in [-0.4, -0.2) is 250 Å².